The largest absolute Gasteiger partial charge is 0.463 e. The summed E-state index contributed by atoms with van der Waals surface area (Å²) in [6.07, 6.45) is 1.60. The summed E-state index contributed by atoms with van der Waals surface area (Å²) in [6, 6.07) is 2.87. The summed E-state index contributed by atoms with van der Waals surface area (Å²) in [5.41, 5.74) is -0.927. The monoisotopic (exact) mass is 339 g/mol. The van der Waals surface area contributed by atoms with Gasteiger partial charge in [-0.3, -0.25) is 0 Å². The summed E-state index contributed by atoms with van der Waals surface area (Å²) in [5.74, 6) is 0.256. The molecule has 24 heavy (non-hydrogen) atoms. The Hall–Kier alpha value is -2.45. The smallest absolute Gasteiger partial charge is 0.433 e. The fourth-order valence-corrected chi connectivity index (χ4v) is 2.59. The maximum atomic E-state index is 12.8. The van der Waals surface area contributed by atoms with Crippen LogP contribution in [0.15, 0.2) is 30.7 Å². The zero-order valence-corrected chi connectivity index (χ0v) is 12.8. The normalized spacial score (nSPS) is 18.5. The SMILES string of the molecule is FC(F)(F)c1ccnc(N2CCCC(COc3ncccn3)C2)n1. The molecule has 1 fully saturated rings. The minimum atomic E-state index is -4.47. The summed E-state index contributed by atoms with van der Waals surface area (Å²) >= 11 is 0. The van der Waals surface area contributed by atoms with Crippen molar-refractivity contribution in [1.29, 1.82) is 0 Å². The van der Waals surface area contributed by atoms with Gasteiger partial charge in [0.25, 0.3) is 0 Å². The molecule has 9 heteroatoms. The first-order valence-corrected chi connectivity index (χ1v) is 7.57. The lowest BCUT2D eigenvalue weighted by molar-refractivity contribution is -0.141. The number of rotatable bonds is 4. The van der Waals surface area contributed by atoms with Gasteiger partial charge in [0, 0.05) is 37.6 Å². The molecule has 0 aromatic carbocycles. The van der Waals surface area contributed by atoms with Gasteiger partial charge in [-0.2, -0.15) is 13.2 Å². The van der Waals surface area contributed by atoms with Crippen molar-refractivity contribution in [2.24, 2.45) is 5.92 Å². The fourth-order valence-electron chi connectivity index (χ4n) is 2.59. The van der Waals surface area contributed by atoms with E-state index in [4.69, 9.17) is 4.74 Å². The van der Waals surface area contributed by atoms with Crippen molar-refractivity contribution in [1.82, 2.24) is 19.9 Å². The molecule has 0 spiro atoms. The van der Waals surface area contributed by atoms with E-state index in [1.54, 1.807) is 23.4 Å². The average Bonchev–Trinajstić information content (AvgIpc) is 2.60. The first kappa shape index (κ1) is 16.4. The highest BCUT2D eigenvalue weighted by atomic mass is 19.4. The van der Waals surface area contributed by atoms with Gasteiger partial charge in [0.1, 0.15) is 5.69 Å². The first-order valence-electron chi connectivity index (χ1n) is 7.57. The molecule has 2 aromatic rings. The summed E-state index contributed by atoms with van der Waals surface area (Å²) in [5, 5.41) is 0. The van der Waals surface area contributed by atoms with E-state index in [0.717, 1.165) is 25.1 Å². The Morgan fingerprint density at radius 3 is 2.71 bits per heavy atom. The Labute approximate surface area is 136 Å². The molecule has 0 bridgehead atoms. The minimum absolute atomic E-state index is 0.102. The molecule has 3 heterocycles. The topological polar surface area (TPSA) is 64.0 Å². The molecule has 1 aliphatic heterocycles. The van der Waals surface area contributed by atoms with Crippen LogP contribution < -0.4 is 9.64 Å². The van der Waals surface area contributed by atoms with Crippen molar-refractivity contribution in [3.05, 3.63) is 36.4 Å². The quantitative estimate of drug-likeness (QED) is 0.853. The molecule has 0 radical (unpaired) electrons. The van der Waals surface area contributed by atoms with E-state index in [-0.39, 0.29) is 11.9 Å². The number of piperidine rings is 1. The second-order valence-electron chi connectivity index (χ2n) is 5.54. The van der Waals surface area contributed by atoms with E-state index in [1.807, 2.05) is 0 Å². The maximum absolute atomic E-state index is 12.8. The Bertz CT molecular complexity index is 668. The number of hydrogen-bond acceptors (Lipinski definition) is 6. The number of hydrogen-bond donors (Lipinski definition) is 0. The van der Waals surface area contributed by atoms with Crippen LogP contribution in [-0.4, -0.2) is 39.6 Å². The molecule has 6 nitrogen and oxygen atoms in total. The molecule has 2 aromatic heterocycles. The maximum Gasteiger partial charge on any atom is 0.433 e. The van der Waals surface area contributed by atoms with Crippen LogP contribution >= 0.6 is 0 Å². The minimum Gasteiger partial charge on any atom is -0.463 e. The molecule has 0 N–H and O–H groups in total. The number of alkyl halides is 3. The Balaban J connectivity index is 1.63. The number of nitrogens with zero attached hydrogens (tertiary/aromatic N) is 5. The van der Waals surface area contributed by atoms with Gasteiger partial charge in [0.15, 0.2) is 0 Å². The van der Waals surface area contributed by atoms with E-state index in [0.29, 0.717) is 25.7 Å². The van der Waals surface area contributed by atoms with Gasteiger partial charge < -0.3 is 9.64 Å². The molecular formula is C15H16F3N5O. The average molecular weight is 339 g/mol. The third-order valence-corrected chi connectivity index (χ3v) is 3.73. The van der Waals surface area contributed by atoms with Gasteiger partial charge in [0.05, 0.1) is 6.61 Å². The molecule has 3 rings (SSSR count). The third-order valence-electron chi connectivity index (χ3n) is 3.73. The predicted octanol–water partition coefficient (Wildman–Crippen LogP) is 2.58. The van der Waals surface area contributed by atoms with Crippen molar-refractivity contribution in [3.8, 4) is 6.01 Å². The van der Waals surface area contributed by atoms with Crippen molar-refractivity contribution in [2.45, 2.75) is 19.0 Å². The summed E-state index contributed by atoms with van der Waals surface area (Å²) < 4.78 is 43.9. The molecule has 0 saturated carbocycles. The molecular weight excluding hydrogens is 323 g/mol. The Kier molecular flexibility index (Phi) is 4.77. The molecule has 1 aliphatic rings. The first-order chi connectivity index (χ1) is 11.5. The highest BCUT2D eigenvalue weighted by Gasteiger charge is 2.33. The van der Waals surface area contributed by atoms with Crippen molar-refractivity contribution in [2.75, 3.05) is 24.6 Å². The van der Waals surface area contributed by atoms with E-state index >= 15 is 0 Å². The van der Waals surface area contributed by atoms with E-state index < -0.39 is 11.9 Å². The molecule has 1 atom stereocenters. The zero-order chi connectivity index (χ0) is 17.0. The van der Waals surface area contributed by atoms with Gasteiger partial charge >= 0.3 is 12.2 Å². The summed E-state index contributed by atoms with van der Waals surface area (Å²) in [4.78, 5) is 17.4. The molecule has 1 unspecified atom stereocenters. The van der Waals surface area contributed by atoms with E-state index in [1.165, 1.54) is 0 Å². The van der Waals surface area contributed by atoms with Crippen molar-refractivity contribution >= 4 is 5.95 Å². The summed E-state index contributed by atoms with van der Waals surface area (Å²) in [7, 11) is 0. The van der Waals surface area contributed by atoms with E-state index in [9.17, 15) is 13.2 Å². The van der Waals surface area contributed by atoms with Gasteiger partial charge in [-0.15, -0.1) is 0 Å². The third kappa shape index (κ3) is 4.09. The predicted molar refractivity (Wildman–Crippen MR) is 79.5 cm³/mol. The number of halogens is 3. The highest BCUT2D eigenvalue weighted by molar-refractivity contribution is 5.31. The second-order valence-corrected chi connectivity index (χ2v) is 5.54. The lowest BCUT2D eigenvalue weighted by Crippen LogP contribution is -2.39. The zero-order valence-electron chi connectivity index (χ0n) is 12.8. The van der Waals surface area contributed by atoms with Crippen LogP contribution in [0.25, 0.3) is 0 Å². The number of ether oxygens (including phenoxy) is 1. The standard InChI is InChI=1S/C15H16F3N5O/c16-15(17,18)12-4-7-19-13(22-12)23-8-1-3-11(9-23)10-24-14-20-5-2-6-21-14/h2,4-7,11H,1,3,8-10H2. The fraction of sp³-hybridized carbons (Fsp3) is 0.467. The van der Waals surface area contributed by atoms with Gasteiger partial charge in [0.2, 0.25) is 5.95 Å². The van der Waals surface area contributed by atoms with Gasteiger partial charge in [-0.25, -0.2) is 19.9 Å². The van der Waals surface area contributed by atoms with Crippen molar-refractivity contribution in [3.63, 3.8) is 0 Å². The van der Waals surface area contributed by atoms with Gasteiger partial charge in [-0.1, -0.05) is 0 Å². The lowest BCUT2D eigenvalue weighted by Gasteiger charge is -2.32. The van der Waals surface area contributed by atoms with Crippen LogP contribution in [0, 0.1) is 5.92 Å². The molecule has 1 saturated heterocycles. The van der Waals surface area contributed by atoms with Crippen LogP contribution in [0.1, 0.15) is 18.5 Å². The summed E-state index contributed by atoms with van der Waals surface area (Å²) in [6.45, 7) is 1.56. The van der Waals surface area contributed by atoms with Crippen LogP contribution in [0.5, 0.6) is 6.01 Å². The molecule has 0 amide bonds. The Morgan fingerprint density at radius 2 is 1.96 bits per heavy atom. The van der Waals surface area contributed by atoms with Crippen LogP contribution in [0.3, 0.4) is 0 Å². The number of aromatic nitrogens is 4. The van der Waals surface area contributed by atoms with Gasteiger partial charge in [-0.05, 0) is 25.0 Å². The highest BCUT2D eigenvalue weighted by Crippen LogP contribution is 2.29. The van der Waals surface area contributed by atoms with E-state index in [2.05, 4.69) is 19.9 Å². The van der Waals surface area contributed by atoms with Crippen LogP contribution in [-0.2, 0) is 6.18 Å². The number of anilines is 1. The molecule has 128 valence electrons. The van der Waals surface area contributed by atoms with Crippen molar-refractivity contribution < 1.29 is 17.9 Å². The Morgan fingerprint density at radius 1 is 1.17 bits per heavy atom. The molecule has 0 aliphatic carbocycles. The van der Waals surface area contributed by atoms with Crippen LogP contribution in [0.2, 0.25) is 0 Å². The van der Waals surface area contributed by atoms with Crippen LogP contribution in [0.4, 0.5) is 19.1 Å². The second kappa shape index (κ2) is 6.98. The lowest BCUT2D eigenvalue weighted by atomic mass is 9.99.